The molecular weight excluding hydrogens is 449 g/mol. The van der Waals surface area contributed by atoms with Gasteiger partial charge in [0, 0.05) is 29.0 Å². The zero-order valence-electron chi connectivity index (χ0n) is 20.6. The zero-order chi connectivity index (χ0) is 25.3. The number of hydrogen-bond donors (Lipinski definition) is 1. The van der Waals surface area contributed by atoms with E-state index >= 15 is 4.39 Å². The first kappa shape index (κ1) is 24.5. The van der Waals surface area contributed by atoms with E-state index in [4.69, 9.17) is 14.2 Å². The smallest absolute Gasteiger partial charge is 0.337 e. The molecule has 2 aromatic rings. The number of hydrogen-bond acceptors (Lipinski definition) is 6. The molecule has 1 aliphatic heterocycles. The second-order valence-electron chi connectivity index (χ2n) is 9.11. The van der Waals surface area contributed by atoms with Crippen molar-refractivity contribution in [3.05, 3.63) is 81.9 Å². The van der Waals surface area contributed by atoms with E-state index in [1.807, 2.05) is 18.2 Å². The highest BCUT2D eigenvalue weighted by Crippen LogP contribution is 2.47. The van der Waals surface area contributed by atoms with Gasteiger partial charge in [0.05, 0.1) is 31.8 Å². The van der Waals surface area contributed by atoms with Crippen molar-refractivity contribution in [1.82, 2.24) is 5.32 Å². The molecule has 4 rings (SSSR count). The Balaban J connectivity index is 1.79. The first-order valence-corrected chi connectivity index (χ1v) is 11.7. The van der Waals surface area contributed by atoms with Crippen LogP contribution >= 0.6 is 0 Å². The SMILES string of the molecule is COc1ccc([C@H]2CC(=O)C3=C(C2)NC(C)=C(C(=O)OC(C)C)[C@@H]3c2ccccc2F)cc1OC. The molecule has 184 valence electrons. The summed E-state index contributed by atoms with van der Waals surface area (Å²) in [7, 11) is 3.15. The van der Waals surface area contributed by atoms with Gasteiger partial charge in [0.15, 0.2) is 17.3 Å². The molecule has 1 heterocycles. The van der Waals surface area contributed by atoms with E-state index in [-0.39, 0.29) is 35.4 Å². The van der Waals surface area contributed by atoms with Crippen molar-refractivity contribution < 1.29 is 28.2 Å². The van der Waals surface area contributed by atoms with Gasteiger partial charge in [-0.15, -0.1) is 0 Å². The number of rotatable bonds is 6. The van der Waals surface area contributed by atoms with Crippen molar-refractivity contribution in [3.63, 3.8) is 0 Å². The Morgan fingerprint density at radius 1 is 1.06 bits per heavy atom. The number of dihydropyridines is 1. The molecule has 0 radical (unpaired) electrons. The molecule has 2 aromatic carbocycles. The van der Waals surface area contributed by atoms with Crippen LogP contribution in [0.25, 0.3) is 0 Å². The van der Waals surface area contributed by atoms with Crippen molar-refractivity contribution >= 4 is 11.8 Å². The van der Waals surface area contributed by atoms with Crippen LogP contribution < -0.4 is 14.8 Å². The van der Waals surface area contributed by atoms with Gasteiger partial charge in [0.25, 0.3) is 0 Å². The minimum atomic E-state index is -0.836. The van der Waals surface area contributed by atoms with Crippen LogP contribution in [0.3, 0.4) is 0 Å². The number of esters is 1. The molecule has 0 saturated heterocycles. The van der Waals surface area contributed by atoms with Crippen LogP contribution in [0.15, 0.2) is 65.0 Å². The first-order valence-electron chi connectivity index (χ1n) is 11.7. The monoisotopic (exact) mass is 479 g/mol. The fourth-order valence-electron chi connectivity index (χ4n) is 4.95. The topological polar surface area (TPSA) is 73.9 Å². The average Bonchev–Trinajstić information content (AvgIpc) is 2.82. The predicted octanol–water partition coefficient (Wildman–Crippen LogP) is 5.16. The van der Waals surface area contributed by atoms with Gasteiger partial charge < -0.3 is 19.5 Å². The summed E-state index contributed by atoms with van der Waals surface area (Å²) in [5.74, 6) is -0.893. The Morgan fingerprint density at radius 2 is 1.77 bits per heavy atom. The van der Waals surface area contributed by atoms with E-state index in [9.17, 15) is 9.59 Å². The molecule has 1 aliphatic carbocycles. The summed E-state index contributed by atoms with van der Waals surface area (Å²) < 4.78 is 31.3. The molecule has 1 N–H and O–H groups in total. The third-order valence-corrected chi connectivity index (χ3v) is 6.49. The summed E-state index contributed by atoms with van der Waals surface area (Å²) >= 11 is 0. The summed E-state index contributed by atoms with van der Waals surface area (Å²) in [4.78, 5) is 26.7. The van der Waals surface area contributed by atoms with E-state index in [2.05, 4.69) is 5.32 Å². The largest absolute Gasteiger partial charge is 0.493 e. The van der Waals surface area contributed by atoms with E-state index in [1.54, 1.807) is 53.2 Å². The molecule has 6 nitrogen and oxygen atoms in total. The molecule has 0 bridgehead atoms. The molecule has 2 atom stereocenters. The quantitative estimate of drug-likeness (QED) is 0.578. The van der Waals surface area contributed by atoms with Crippen LogP contribution in [0.4, 0.5) is 4.39 Å². The van der Waals surface area contributed by atoms with Gasteiger partial charge in [-0.05, 0) is 56.9 Å². The molecule has 0 aromatic heterocycles. The molecule has 35 heavy (non-hydrogen) atoms. The van der Waals surface area contributed by atoms with Gasteiger partial charge >= 0.3 is 5.97 Å². The molecular formula is C28H30FNO5. The predicted molar refractivity (Wildman–Crippen MR) is 130 cm³/mol. The molecule has 0 fully saturated rings. The lowest BCUT2D eigenvalue weighted by Crippen LogP contribution is -2.36. The second kappa shape index (κ2) is 9.94. The lowest BCUT2D eigenvalue weighted by molar-refractivity contribution is -0.143. The maximum atomic E-state index is 15.0. The van der Waals surface area contributed by atoms with Gasteiger partial charge in [-0.2, -0.15) is 0 Å². The van der Waals surface area contributed by atoms with E-state index in [0.717, 1.165) is 5.56 Å². The normalized spacial score (nSPS) is 19.9. The number of Topliss-reactive ketones (excluding diaryl/α,β-unsaturated/α-hetero) is 1. The molecule has 0 spiro atoms. The number of carbonyl (C=O) groups excluding carboxylic acids is 2. The Kier molecular flexibility index (Phi) is 6.96. The minimum Gasteiger partial charge on any atom is -0.493 e. The molecule has 0 unspecified atom stereocenters. The number of ether oxygens (including phenoxy) is 3. The Labute approximate surface area is 204 Å². The summed E-state index contributed by atoms with van der Waals surface area (Å²) in [6, 6.07) is 11.9. The fourth-order valence-corrected chi connectivity index (χ4v) is 4.95. The Bertz CT molecular complexity index is 1230. The average molecular weight is 480 g/mol. The fraction of sp³-hybridized carbons (Fsp3) is 0.357. The standard InChI is InChI=1S/C28H30FNO5/c1-15(2)35-28(32)25-16(3)30-21-12-18(17-10-11-23(33-4)24(14-17)34-5)13-22(31)27(21)26(25)19-8-6-7-9-20(19)29/h6-11,14-15,18,26,30H,12-13H2,1-5H3/t18-,26+/m1/s1. The van der Waals surface area contributed by atoms with Crippen molar-refractivity contribution in [2.75, 3.05) is 14.2 Å². The number of halogens is 1. The van der Waals surface area contributed by atoms with Crippen LogP contribution in [0, 0.1) is 5.82 Å². The zero-order valence-corrected chi connectivity index (χ0v) is 20.6. The Morgan fingerprint density at radius 3 is 2.43 bits per heavy atom. The van der Waals surface area contributed by atoms with Crippen LogP contribution in [-0.4, -0.2) is 32.1 Å². The first-order chi connectivity index (χ1) is 16.7. The lowest BCUT2D eigenvalue weighted by atomic mass is 9.71. The highest BCUT2D eigenvalue weighted by atomic mass is 19.1. The summed E-state index contributed by atoms with van der Waals surface area (Å²) in [5.41, 5.74) is 3.18. The van der Waals surface area contributed by atoms with Crippen molar-refractivity contribution in [2.24, 2.45) is 0 Å². The number of carbonyl (C=O) groups is 2. The second-order valence-corrected chi connectivity index (χ2v) is 9.11. The highest BCUT2D eigenvalue weighted by Gasteiger charge is 2.42. The maximum absolute atomic E-state index is 15.0. The minimum absolute atomic E-state index is 0.105. The molecule has 0 saturated carbocycles. The van der Waals surface area contributed by atoms with Crippen LogP contribution in [-0.2, 0) is 14.3 Å². The highest BCUT2D eigenvalue weighted by molar-refractivity contribution is 6.04. The van der Waals surface area contributed by atoms with Gasteiger partial charge in [-0.25, -0.2) is 9.18 Å². The number of benzene rings is 2. The number of ketones is 1. The summed E-state index contributed by atoms with van der Waals surface area (Å²) in [5, 5.41) is 3.28. The van der Waals surface area contributed by atoms with Crippen LogP contribution in [0.5, 0.6) is 11.5 Å². The number of nitrogens with one attached hydrogen (secondary N) is 1. The number of methoxy groups -OCH3 is 2. The third-order valence-electron chi connectivity index (χ3n) is 6.49. The van der Waals surface area contributed by atoms with Gasteiger partial charge in [-0.3, -0.25) is 4.79 Å². The van der Waals surface area contributed by atoms with E-state index in [0.29, 0.717) is 34.9 Å². The van der Waals surface area contributed by atoms with Crippen LogP contribution in [0.1, 0.15) is 56.6 Å². The van der Waals surface area contributed by atoms with E-state index < -0.39 is 17.7 Å². The maximum Gasteiger partial charge on any atom is 0.337 e. The van der Waals surface area contributed by atoms with E-state index in [1.165, 1.54) is 6.07 Å². The van der Waals surface area contributed by atoms with Crippen LogP contribution in [0.2, 0.25) is 0 Å². The van der Waals surface area contributed by atoms with Gasteiger partial charge in [0.1, 0.15) is 5.82 Å². The lowest BCUT2D eigenvalue weighted by Gasteiger charge is -2.37. The molecule has 2 aliphatic rings. The van der Waals surface area contributed by atoms with Crippen molar-refractivity contribution in [2.45, 2.75) is 51.6 Å². The summed E-state index contributed by atoms with van der Waals surface area (Å²) in [6.07, 6.45) is 0.411. The Hall–Kier alpha value is -3.61. The third kappa shape index (κ3) is 4.67. The van der Waals surface area contributed by atoms with Gasteiger partial charge in [0.2, 0.25) is 0 Å². The summed E-state index contributed by atoms with van der Waals surface area (Å²) in [6.45, 7) is 5.28. The molecule has 7 heteroatoms. The van der Waals surface area contributed by atoms with Crippen molar-refractivity contribution in [3.8, 4) is 11.5 Å². The van der Waals surface area contributed by atoms with Crippen molar-refractivity contribution in [1.29, 1.82) is 0 Å². The van der Waals surface area contributed by atoms with Gasteiger partial charge in [-0.1, -0.05) is 24.3 Å². The number of allylic oxidation sites excluding steroid dienone is 3. The molecule has 0 amide bonds.